The van der Waals surface area contributed by atoms with Crippen LogP contribution in [0.25, 0.3) is 11.7 Å². The molecule has 1 fully saturated rings. The SMILES string of the molecule is CC(C)(c1noc(-c2ccc(Br)o2)n1)N1CCNCC1. The largest absolute Gasteiger partial charge is 0.444 e. The maximum atomic E-state index is 5.44. The van der Waals surface area contributed by atoms with Crippen molar-refractivity contribution < 1.29 is 8.94 Å². The summed E-state index contributed by atoms with van der Waals surface area (Å²) in [5, 5.41) is 7.47. The molecule has 0 spiro atoms. The topological polar surface area (TPSA) is 67.3 Å². The summed E-state index contributed by atoms with van der Waals surface area (Å²) in [6.07, 6.45) is 0. The minimum atomic E-state index is -0.256. The molecule has 0 bridgehead atoms. The summed E-state index contributed by atoms with van der Waals surface area (Å²) in [6.45, 7) is 8.15. The molecule has 1 aliphatic rings. The molecule has 2 aromatic rings. The molecule has 108 valence electrons. The number of hydrogen-bond acceptors (Lipinski definition) is 6. The lowest BCUT2D eigenvalue weighted by Crippen LogP contribution is -2.52. The van der Waals surface area contributed by atoms with E-state index in [4.69, 9.17) is 8.94 Å². The number of hydrogen-bond donors (Lipinski definition) is 1. The molecule has 0 aliphatic carbocycles. The smallest absolute Gasteiger partial charge is 0.293 e. The van der Waals surface area contributed by atoms with Gasteiger partial charge < -0.3 is 14.3 Å². The maximum Gasteiger partial charge on any atom is 0.293 e. The van der Waals surface area contributed by atoms with Crippen LogP contribution in [0.1, 0.15) is 19.7 Å². The summed E-state index contributed by atoms with van der Waals surface area (Å²) in [4.78, 5) is 6.84. The Morgan fingerprint density at radius 3 is 2.70 bits per heavy atom. The molecule has 0 unspecified atom stereocenters. The Hall–Kier alpha value is -1.18. The summed E-state index contributed by atoms with van der Waals surface area (Å²) < 4.78 is 11.4. The third-order valence-corrected chi connectivity index (χ3v) is 4.09. The standard InChI is InChI=1S/C13H17BrN4O2/c1-13(2,18-7-5-15-6-8-18)12-16-11(20-17-12)9-3-4-10(14)19-9/h3-4,15H,5-8H2,1-2H3. The lowest BCUT2D eigenvalue weighted by atomic mass is 10.0. The summed E-state index contributed by atoms with van der Waals surface area (Å²) in [5.41, 5.74) is -0.256. The molecular weight excluding hydrogens is 324 g/mol. The molecule has 0 atom stereocenters. The molecular formula is C13H17BrN4O2. The zero-order chi connectivity index (χ0) is 14.2. The highest BCUT2D eigenvalue weighted by molar-refractivity contribution is 9.10. The van der Waals surface area contributed by atoms with Crippen molar-refractivity contribution in [2.75, 3.05) is 26.2 Å². The first-order chi connectivity index (χ1) is 9.57. The van der Waals surface area contributed by atoms with Crippen molar-refractivity contribution >= 4 is 15.9 Å². The van der Waals surface area contributed by atoms with Gasteiger partial charge in [0.15, 0.2) is 16.3 Å². The summed E-state index contributed by atoms with van der Waals surface area (Å²) in [6, 6.07) is 3.61. The van der Waals surface area contributed by atoms with E-state index in [9.17, 15) is 0 Å². The van der Waals surface area contributed by atoms with E-state index in [2.05, 4.69) is 50.1 Å². The summed E-state index contributed by atoms with van der Waals surface area (Å²) >= 11 is 3.27. The second-order valence-electron chi connectivity index (χ2n) is 5.32. The van der Waals surface area contributed by atoms with Crippen LogP contribution in [0.5, 0.6) is 0 Å². The van der Waals surface area contributed by atoms with Gasteiger partial charge in [-0.1, -0.05) is 5.16 Å². The monoisotopic (exact) mass is 340 g/mol. The average molecular weight is 341 g/mol. The number of piperazine rings is 1. The van der Waals surface area contributed by atoms with Crippen molar-refractivity contribution in [3.63, 3.8) is 0 Å². The fourth-order valence-electron chi connectivity index (χ4n) is 2.37. The van der Waals surface area contributed by atoms with Gasteiger partial charge in [-0.2, -0.15) is 4.98 Å². The molecule has 20 heavy (non-hydrogen) atoms. The van der Waals surface area contributed by atoms with Gasteiger partial charge in [0.1, 0.15) is 0 Å². The third kappa shape index (κ3) is 2.53. The van der Waals surface area contributed by atoms with E-state index in [1.807, 2.05) is 0 Å². The molecule has 1 N–H and O–H groups in total. The molecule has 3 heterocycles. The normalized spacial score (nSPS) is 17.6. The molecule has 0 radical (unpaired) electrons. The fraction of sp³-hybridized carbons (Fsp3) is 0.538. The van der Waals surface area contributed by atoms with Crippen LogP contribution >= 0.6 is 15.9 Å². The second kappa shape index (κ2) is 5.31. The predicted molar refractivity (Wildman–Crippen MR) is 77.2 cm³/mol. The molecule has 2 aromatic heterocycles. The third-order valence-electron chi connectivity index (χ3n) is 3.66. The van der Waals surface area contributed by atoms with E-state index in [1.54, 1.807) is 12.1 Å². The van der Waals surface area contributed by atoms with Crippen LogP contribution in [-0.2, 0) is 5.54 Å². The van der Waals surface area contributed by atoms with E-state index in [1.165, 1.54) is 0 Å². The molecule has 1 saturated heterocycles. The van der Waals surface area contributed by atoms with Gasteiger partial charge in [0.05, 0.1) is 5.54 Å². The number of nitrogens with zero attached hydrogens (tertiary/aromatic N) is 3. The van der Waals surface area contributed by atoms with Gasteiger partial charge in [0, 0.05) is 26.2 Å². The van der Waals surface area contributed by atoms with Gasteiger partial charge in [-0.25, -0.2) is 0 Å². The molecule has 1 aliphatic heterocycles. The van der Waals surface area contributed by atoms with Crippen LogP contribution in [0, 0.1) is 0 Å². The van der Waals surface area contributed by atoms with Gasteiger partial charge in [0.2, 0.25) is 0 Å². The molecule has 0 saturated carbocycles. The molecule has 0 amide bonds. The Kier molecular flexibility index (Phi) is 3.66. The van der Waals surface area contributed by atoms with Crippen LogP contribution in [0.15, 0.2) is 25.7 Å². The Morgan fingerprint density at radius 2 is 2.05 bits per heavy atom. The number of halogens is 1. The van der Waals surface area contributed by atoms with E-state index in [0.717, 1.165) is 26.2 Å². The molecule has 6 nitrogen and oxygen atoms in total. The van der Waals surface area contributed by atoms with Crippen LogP contribution < -0.4 is 5.32 Å². The zero-order valence-corrected chi connectivity index (χ0v) is 13.1. The minimum absolute atomic E-state index is 0.256. The first-order valence-corrected chi connectivity index (χ1v) is 7.42. The zero-order valence-electron chi connectivity index (χ0n) is 11.5. The van der Waals surface area contributed by atoms with Crippen molar-refractivity contribution in [2.24, 2.45) is 0 Å². The Balaban J connectivity index is 1.85. The van der Waals surface area contributed by atoms with Crippen molar-refractivity contribution in [1.29, 1.82) is 0 Å². The molecule has 0 aromatic carbocycles. The summed E-state index contributed by atoms with van der Waals surface area (Å²) in [7, 11) is 0. The van der Waals surface area contributed by atoms with Gasteiger partial charge >= 0.3 is 0 Å². The number of furan rings is 1. The fourth-order valence-corrected chi connectivity index (χ4v) is 2.67. The number of aromatic nitrogens is 2. The highest BCUT2D eigenvalue weighted by Crippen LogP contribution is 2.29. The van der Waals surface area contributed by atoms with Crippen LogP contribution in [0.2, 0.25) is 0 Å². The van der Waals surface area contributed by atoms with Crippen LogP contribution in [0.3, 0.4) is 0 Å². The van der Waals surface area contributed by atoms with E-state index in [0.29, 0.717) is 22.1 Å². The van der Waals surface area contributed by atoms with Gasteiger partial charge in [-0.15, -0.1) is 0 Å². The van der Waals surface area contributed by atoms with E-state index < -0.39 is 0 Å². The predicted octanol–water partition coefficient (Wildman–Crippen LogP) is 2.23. The van der Waals surface area contributed by atoms with Crippen molar-refractivity contribution in [2.45, 2.75) is 19.4 Å². The van der Waals surface area contributed by atoms with E-state index >= 15 is 0 Å². The van der Waals surface area contributed by atoms with Crippen molar-refractivity contribution in [3.8, 4) is 11.7 Å². The maximum absolute atomic E-state index is 5.44. The lowest BCUT2D eigenvalue weighted by Gasteiger charge is -2.38. The van der Waals surface area contributed by atoms with Crippen molar-refractivity contribution in [1.82, 2.24) is 20.4 Å². The Bertz CT molecular complexity index is 587. The number of rotatable bonds is 3. The van der Waals surface area contributed by atoms with Crippen LogP contribution in [-0.4, -0.2) is 41.2 Å². The van der Waals surface area contributed by atoms with Gasteiger partial charge in [0.25, 0.3) is 5.89 Å². The molecule has 7 heteroatoms. The highest BCUT2D eigenvalue weighted by Gasteiger charge is 2.34. The summed E-state index contributed by atoms with van der Waals surface area (Å²) in [5.74, 6) is 1.67. The highest BCUT2D eigenvalue weighted by atomic mass is 79.9. The first kappa shape index (κ1) is 13.8. The van der Waals surface area contributed by atoms with Gasteiger partial charge in [-0.3, -0.25) is 4.90 Å². The van der Waals surface area contributed by atoms with Gasteiger partial charge in [-0.05, 0) is 41.9 Å². The van der Waals surface area contributed by atoms with Crippen LogP contribution in [0.4, 0.5) is 0 Å². The second-order valence-corrected chi connectivity index (χ2v) is 6.10. The lowest BCUT2D eigenvalue weighted by molar-refractivity contribution is 0.0924. The number of nitrogens with one attached hydrogen (secondary N) is 1. The van der Waals surface area contributed by atoms with E-state index in [-0.39, 0.29) is 5.54 Å². The Morgan fingerprint density at radius 1 is 1.30 bits per heavy atom. The average Bonchev–Trinajstić information content (AvgIpc) is 3.08. The quantitative estimate of drug-likeness (QED) is 0.924. The Labute approximate surface area is 125 Å². The molecule has 3 rings (SSSR count). The first-order valence-electron chi connectivity index (χ1n) is 6.63. The van der Waals surface area contributed by atoms with Crippen molar-refractivity contribution in [3.05, 3.63) is 22.6 Å². The minimum Gasteiger partial charge on any atom is -0.444 e.